The third-order valence-corrected chi connectivity index (χ3v) is 6.46. The van der Waals surface area contributed by atoms with Crippen molar-refractivity contribution in [1.82, 2.24) is 5.32 Å². The highest BCUT2D eigenvalue weighted by Crippen LogP contribution is 2.36. The number of hydrogen-bond donors (Lipinski definition) is 1. The first kappa shape index (κ1) is 15.0. The Morgan fingerprint density at radius 3 is 2.65 bits per heavy atom. The summed E-state index contributed by atoms with van der Waals surface area (Å²) in [7, 11) is 0. The molecule has 2 aromatic carbocycles. The standard InChI is InChI=1S/C20H19NS2/c1-2-6-15(7-3-1)19-11-10-16(23-19)14-21-18-12-13-22-20-9-5-4-8-17(18)20/h1-11,18,21H,12-14H2. The minimum absolute atomic E-state index is 0.481. The fourth-order valence-electron chi connectivity index (χ4n) is 3.01. The fourth-order valence-corrected chi connectivity index (χ4v) is 5.10. The highest BCUT2D eigenvalue weighted by Gasteiger charge is 2.19. The molecule has 116 valence electrons. The predicted molar refractivity (Wildman–Crippen MR) is 101 cm³/mol. The molecule has 0 radical (unpaired) electrons. The number of fused-ring (bicyclic) bond motifs is 1. The Hall–Kier alpha value is -1.55. The average Bonchev–Trinajstić information content (AvgIpc) is 3.10. The summed E-state index contributed by atoms with van der Waals surface area (Å²) >= 11 is 3.87. The zero-order chi connectivity index (χ0) is 15.5. The van der Waals surface area contributed by atoms with E-state index in [-0.39, 0.29) is 0 Å². The molecule has 1 aromatic heterocycles. The molecule has 3 aromatic rings. The first-order valence-corrected chi connectivity index (χ1v) is 9.79. The Morgan fingerprint density at radius 1 is 0.913 bits per heavy atom. The van der Waals surface area contributed by atoms with E-state index in [0.717, 1.165) is 6.54 Å². The Labute approximate surface area is 145 Å². The van der Waals surface area contributed by atoms with Crippen LogP contribution in [-0.2, 0) is 6.54 Å². The summed E-state index contributed by atoms with van der Waals surface area (Å²) in [4.78, 5) is 4.19. The van der Waals surface area contributed by atoms with Gasteiger partial charge in [-0.05, 0) is 41.5 Å². The molecular weight excluding hydrogens is 318 g/mol. The van der Waals surface area contributed by atoms with Crippen molar-refractivity contribution in [2.75, 3.05) is 5.75 Å². The van der Waals surface area contributed by atoms with Gasteiger partial charge in [-0.2, -0.15) is 0 Å². The van der Waals surface area contributed by atoms with Crippen LogP contribution in [0.15, 0.2) is 71.6 Å². The van der Waals surface area contributed by atoms with Crippen LogP contribution < -0.4 is 5.32 Å². The molecule has 1 aliphatic rings. The molecule has 23 heavy (non-hydrogen) atoms. The van der Waals surface area contributed by atoms with Crippen LogP contribution in [0.4, 0.5) is 0 Å². The van der Waals surface area contributed by atoms with Gasteiger partial charge in [-0.15, -0.1) is 23.1 Å². The number of nitrogens with one attached hydrogen (secondary N) is 1. The minimum atomic E-state index is 0.481. The van der Waals surface area contributed by atoms with Gasteiger partial charge in [-0.25, -0.2) is 0 Å². The maximum atomic E-state index is 3.76. The van der Waals surface area contributed by atoms with Gasteiger partial charge in [0.25, 0.3) is 0 Å². The van der Waals surface area contributed by atoms with Gasteiger partial charge in [0.2, 0.25) is 0 Å². The second kappa shape index (κ2) is 6.91. The van der Waals surface area contributed by atoms with Gasteiger partial charge < -0.3 is 5.32 Å². The van der Waals surface area contributed by atoms with Crippen LogP contribution in [0.5, 0.6) is 0 Å². The number of rotatable bonds is 4. The van der Waals surface area contributed by atoms with Crippen molar-refractivity contribution < 1.29 is 0 Å². The third kappa shape index (κ3) is 3.37. The molecular formula is C20H19NS2. The molecule has 0 saturated carbocycles. The van der Waals surface area contributed by atoms with Crippen LogP contribution in [0.2, 0.25) is 0 Å². The topological polar surface area (TPSA) is 12.0 Å². The average molecular weight is 338 g/mol. The summed E-state index contributed by atoms with van der Waals surface area (Å²) in [5.41, 5.74) is 2.77. The Kier molecular flexibility index (Phi) is 4.51. The van der Waals surface area contributed by atoms with E-state index in [1.165, 1.54) is 38.0 Å². The van der Waals surface area contributed by atoms with Crippen molar-refractivity contribution in [3.8, 4) is 10.4 Å². The summed E-state index contributed by atoms with van der Waals surface area (Å²) in [6, 6.07) is 24.4. The molecule has 3 heteroatoms. The summed E-state index contributed by atoms with van der Waals surface area (Å²) in [5, 5.41) is 3.76. The van der Waals surface area contributed by atoms with E-state index >= 15 is 0 Å². The lowest BCUT2D eigenvalue weighted by molar-refractivity contribution is 0.513. The van der Waals surface area contributed by atoms with E-state index in [2.05, 4.69) is 72.0 Å². The lowest BCUT2D eigenvalue weighted by atomic mass is 10.0. The lowest BCUT2D eigenvalue weighted by Gasteiger charge is -2.25. The molecule has 0 saturated heterocycles. The maximum absolute atomic E-state index is 3.76. The van der Waals surface area contributed by atoms with Crippen LogP contribution in [0.1, 0.15) is 22.9 Å². The van der Waals surface area contributed by atoms with Gasteiger partial charge in [-0.3, -0.25) is 0 Å². The van der Waals surface area contributed by atoms with E-state index in [1.54, 1.807) is 0 Å². The number of hydrogen-bond acceptors (Lipinski definition) is 3. The second-order valence-electron chi connectivity index (χ2n) is 5.74. The molecule has 1 atom stereocenters. The van der Waals surface area contributed by atoms with Crippen molar-refractivity contribution in [2.45, 2.75) is 23.9 Å². The summed E-state index contributed by atoms with van der Waals surface area (Å²) in [6.45, 7) is 0.946. The monoisotopic (exact) mass is 337 g/mol. The molecule has 0 amide bonds. The van der Waals surface area contributed by atoms with Crippen molar-refractivity contribution in [2.24, 2.45) is 0 Å². The summed E-state index contributed by atoms with van der Waals surface area (Å²) < 4.78 is 0. The molecule has 1 N–H and O–H groups in total. The quantitative estimate of drug-likeness (QED) is 0.651. The lowest BCUT2D eigenvalue weighted by Crippen LogP contribution is -2.23. The van der Waals surface area contributed by atoms with Gasteiger partial charge in [0.15, 0.2) is 0 Å². The Balaban J connectivity index is 1.45. The largest absolute Gasteiger partial charge is 0.305 e. The van der Waals surface area contributed by atoms with Crippen molar-refractivity contribution in [1.29, 1.82) is 0 Å². The maximum Gasteiger partial charge on any atom is 0.0346 e. The van der Waals surface area contributed by atoms with E-state index in [4.69, 9.17) is 0 Å². The fraction of sp³-hybridized carbons (Fsp3) is 0.200. The molecule has 0 aliphatic carbocycles. The van der Waals surface area contributed by atoms with Crippen molar-refractivity contribution in [3.63, 3.8) is 0 Å². The van der Waals surface area contributed by atoms with Gasteiger partial charge in [0.05, 0.1) is 0 Å². The van der Waals surface area contributed by atoms with Crippen molar-refractivity contribution >= 4 is 23.1 Å². The van der Waals surface area contributed by atoms with Crippen LogP contribution >= 0.6 is 23.1 Å². The van der Waals surface area contributed by atoms with E-state index in [1.807, 2.05) is 23.1 Å². The third-order valence-electron chi connectivity index (χ3n) is 4.20. The van der Waals surface area contributed by atoms with Gasteiger partial charge in [-0.1, -0.05) is 48.5 Å². The number of thioether (sulfide) groups is 1. The molecule has 1 aliphatic heterocycles. The van der Waals surface area contributed by atoms with Gasteiger partial charge >= 0.3 is 0 Å². The Morgan fingerprint density at radius 2 is 1.74 bits per heavy atom. The molecule has 2 heterocycles. The second-order valence-corrected chi connectivity index (χ2v) is 8.05. The zero-order valence-corrected chi connectivity index (χ0v) is 14.5. The van der Waals surface area contributed by atoms with Crippen LogP contribution in [0.25, 0.3) is 10.4 Å². The molecule has 1 unspecified atom stereocenters. The van der Waals surface area contributed by atoms with Gasteiger partial charge in [0, 0.05) is 27.2 Å². The molecule has 1 nitrogen and oxygen atoms in total. The van der Waals surface area contributed by atoms with Crippen LogP contribution in [-0.4, -0.2) is 5.75 Å². The number of benzene rings is 2. The molecule has 0 bridgehead atoms. The molecule has 4 rings (SSSR count). The molecule has 0 spiro atoms. The van der Waals surface area contributed by atoms with Gasteiger partial charge in [0.1, 0.15) is 0 Å². The highest BCUT2D eigenvalue weighted by atomic mass is 32.2. The van der Waals surface area contributed by atoms with Crippen LogP contribution in [0.3, 0.4) is 0 Å². The predicted octanol–water partition coefficient (Wildman–Crippen LogP) is 5.74. The van der Waals surface area contributed by atoms with Crippen LogP contribution in [0, 0.1) is 0 Å². The summed E-state index contributed by atoms with van der Waals surface area (Å²) in [6.07, 6.45) is 1.21. The van der Waals surface area contributed by atoms with Crippen molar-refractivity contribution in [3.05, 3.63) is 77.2 Å². The SMILES string of the molecule is c1ccc(-c2ccc(CNC3CCSc4ccccc43)s2)cc1. The number of thiophene rings is 1. The van der Waals surface area contributed by atoms with E-state index in [9.17, 15) is 0 Å². The first-order chi connectivity index (χ1) is 11.4. The smallest absolute Gasteiger partial charge is 0.0346 e. The van der Waals surface area contributed by atoms with E-state index < -0.39 is 0 Å². The Bertz CT molecular complexity index is 779. The van der Waals surface area contributed by atoms with E-state index in [0.29, 0.717) is 6.04 Å². The summed E-state index contributed by atoms with van der Waals surface area (Å²) in [5.74, 6) is 1.20. The highest BCUT2D eigenvalue weighted by molar-refractivity contribution is 7.99. The zero-order valence-electron chi connectivity index (χ0n) is 12.9. The minimum Gasteiger partial charge on any atom is -0.305 e. The normalized spacial score (nSPS) is 17.0. The first-order valence-electron chi connectivity index (χ1n) is 7.99. The molecule has 0 fully saturated rings.